The molecule has 110 valence electrons. The van der Waals surface area contributed by atoms with Crippen molar-refractivity contribution in [3.05, 3.63) is 57.6 Å². The molecule has 3 nitrogen and oxygen atoms in total. The summed E-state index contributed by atoms with van der Waals surface area (Å²) in [7, 11) is 0. The largest absolute Gasteiger partial charge is 0.483 e. The third-order valence-electron chi connectivity index (χ3n) is 3.12. The van der Waals surface area contributed by atoms with E-state index in [0.717, 1.165) is 11.1 Å². The first kappa shape index (κ1) is 15.7. The molecule has 2 aromatic carbocycles. The Morgan fingerprint density at radius 3 is 2.71 bits per heavy atom. The van der Waals surface area contributed by atoms with Crippen molar-refractivity contribution in [1.82, 2.24) is 0 Å². The second-order valence-corrected chi connectivity index (χ2v) is 5.50. The number of anilines is 1. The van der Waals surface area contributed by atoms with E-state index < -0.39 is 0 Å². The first-order chi connectivity index (χ1) is 9.97. The molecule has 1 amide bonds. The molecule has 0 aromatic heterocycles. The van der Waals surface area contributed by atoms with Crippen LogP contribution >= 0.6 is 23.2 Å². The molecule has 21 heavy (non-hydrogen) atoms. The minimum atomic E-state index is -0.292. The van der Waals surface area contributed by atoms with Crippen LogP contribution in [0.5, 0.6) is 5.75 Å². The lowest BCUT2D eigenvalue weighted by Crippen LogP contribution is -2.20. The van der Waals surface area contributed by atoms with Gasteiger partial charge in [0.1, 0.15) is 5.75 Å². The molecule has 0 saturated heterocycles. The Morgan fingerprint density at radius 2 is 1.95 bits per heavy atom. The van der Waals surface area contributed by atoms with Gasteiger partial charge in [-0.2, -0.15) is 0 Å². The van der Waals surface area contributed by atoms with Gasteiger partial charge in [-0.15, -0.1) is 0 Å². The molecule has 0 aliphatic rings. The fourth-order valence-electron chi connectivity index (χ4n) is 1.80. The number of hydrogen-bond donors (Lipinski definition) is 1. The van der Waals surface area contributed by atoms with Crippen molar-refractivity contribution in [3.63, 3.8) is 0 Å². The maximum absolute atomic E-state index is 11.9. The standard InChI is InChI=1S/C16H15Cl2NO2/c1-10-4-3-5-15(11(10)2)21-9-16(20)19-14-8-12(17)6-7-13(14)18/h3-8H,9H2,1-2H3,(H,19,20). The van der Waals surface area contributed by atoms with Gasteiger partial charge in [0.15, 0.2) is 6.61 Å². The van der Waals surface area contributed by atoms with Crippen molar-refractivity contribution in [1.29, 1.82) is 0 Å². The number of nitrogens with one attached hydrogen (secondary N) is 1. The highest BCUT2D eigenvalue weighted by Crippen LogP contribution is 2.25. The fraction of sp³-hybridized carbons (Fsp3) is 0.188. The molecule has 0 fully saturated rings. The maximum atomic E-state index is 11.9. The second-order valence-electron chi connectivity index (χ2n) is 4.66. The molecule has 0 aliphatic heterocycles. The summed E-state index contributed by atoms with van der Waals surface area (Å²) in [6.07, 6.45) is 0. The molecule has 1 N–H and O–H groups in total. The van der Waals surface area contributed by atoms with Crippen molar-refractivity contribution in [3.8, 4) is 5.75 Å². The minimum absolute atomic E-state index is 0.0901. The van der Waals surface area contributed by atoms with Crippen LogP contribution in [0.1, 0.15) is 11.1 Å². The molecule has 0 aliphatic carbocycles. The number of rotatable bonds is 4. The lowest BCUT2D eigenvalue weighted by molar-refractivity contribution is -0.118. The highest BCUT2D eigenvalue weighted by Gasteiger charge is 2.09. The number of hydrogen-bond acceptors (Lipinski definition) is 2. The predicted octanol–water partition coefficient (Wildman–Crippen LogP) is 4.63. The molecular formula is C16H15Cl2NO2. The molecule has 0 heterocycles. The van der Waals surface area contributed by atoms with Gasteiger partial charge < -0.3 is 10.1 Å². The number of carbonyl (C=O) groups is 1. The summed E-state index contributed by atoms with van der Waals surface area (Å²) in [6, 6.07) is 10.6. The van der Waals surface area contributed by atoms with Crippen LogP contribution in [0.2, 0.25) is 10.0 Å². The normalized spacial score (nSPS) is 10.3. The summed E-state index contributed by atoms with van der Waals surface area (Å²) in [5.41, 5.74) is 2.61. The van der Waals surface area contributed by atoms with E-state index in [4.69, 9.17) is 27.9 Å². The lowest BCUT2D eigenvalue weighted by Gasteiger charge is -2.11. The van der Waals surface area contributed by atoms with E-state index in [2.05, 4.69) is 5.32 Å². The zero-order chi connectivity index (χ0) is 15.4. The van der Waals surface area contributed by atoms with Gasteiger partial charge in [0.25, 0.3) is 5.91 Å². The Hall–Kier alpha value is -1.71. The van der Waals surface area contributed by atoms with E-state index in [-0.39, 0.29) is 12.5 Å². The lowest BCUT2D eigenvalue weighted by atomic mass is 10.1. The summed E-state index contributed by atoms with van der Waals surface area (Å²) >= 11 is 11.9. The fourth-order valence-corrected chi connectivity index (χ4v) is 2.14. The number of ether oxygens (including phenoxy) is 1. The van der Waals surface area contributed by atoms with Crippen molar-refractivity contribution in [2.24, 2.45) is 0 Å². The van der Waals surface area contributed by atoms with E-state index in [1.807, 2.05) is 32.0 Å². The van der Waals surface area contributed by atoms with Crippen LogP contribution in [-0.4, -0.2) is 12.5 Å². The van der Waals surface area contributed by atoms with Gasteiger partial charge in [-0.1, -0.05) is 35.3 Å². The Morgan fingerprint density at radius 1 is 1.19 bits per heavy atom. The van der Waals surface area contributed by atoms with E-state index in [1.165, 1.54) is 0 Å². The molecule has 0 spiro atoms. The molecule has 0 bridgehead atoms. The molecule has 0 atom stereocenters. The van der Waals surface area contributed by atoms with Crippen molar-refractivity contribution in [2.45, 2.75) is 13.8 Å². The van der Waals surface area contributed by atoms with Gasteiger partial charge >= 0.3 is 0 Å². The molecule has 0 saturated carbocycles. The second kappa shape index (κ2) is 6.83. The average molecular weight is 324 g/mol. The molecule has 2 aromatic rings. The van der Waals surface area contributed by atoms with Crippen LogP contribution in [0.15, 0.2) is 36.4 Å². The quantitative estimate of drug-likeness (QED) is 0.890. The van der Waals surface area contributed by atoms with Crippen molar-refractivity contribution in [2.75, 3.05) is 11.9 Å². The van der Waals surface area contributed by atoms with Crippen LogP contribution in [0.3, 0.4) is 0 Å². The number of benzene rings is 2. The van der Waals surface area contributed by atoms with Gasteiger partial charge in [0.05, 0.1) is 10.7 Å². The summed E-state index contributed by atoms with van der Waals surface area (Å²) < 4.78 is 5.53. The molecule has 2 rings (SSSR count). The Balaban J connectivity index is 1.99. The first-order valence-electron chi connectivity index (χ1n) is 6.41. The molecule has 5 heteroatoms. The third-order valence-corrected chi connectivity index (χ3v) is 3.68. The minimum Gasteiger partial charge on any atom is -0.483 e. The predicted molar refractivity (Wildman–Crippen MR) is 86.5 cm³/mol. The Bertz CT molecular complexity index is 671. The molecule has 0 radical (unpaired) electrons. The van der Waals surface area contributed by atoms with Crippen molar-refractivity contribution < 1.29 is 9.53 Å². The van der Waals surface area contributed by atoms with E-state index in [9.17, 15) is 4.79 Å². The molecular weight excluding hydrogens is 309 g/mol. The number of carbonyl (C=O) groups excluding carboxylic acids is 1. The van der Waals surface area contributed by atoms with Crippen LogP contribution in [0, 0.1) is 13.8 Å². The topological polar surface area (TPSA) is 38.3 Å². The van der Waals surface area contributed by atoms with E-state index in [1.54, 1.807) is 18.2 Å². The number of aryl methyl sites for hydroxylation is 1. The van der Waals surface area contributed by atoms with E-state index in [0.29, 0.717) is 21.5 Å². The maximum Gasteiger partial charge on any atom is 0.262 e. The Kier molecular flexibility index (Phi) is 5.10. The van der Waals surface area contributed by atoms with Gasteiger partial charge in [-0.3, -0.25) is 4.79 Å². The van der Waals surface area contributed by atoms with E-state index >= 15 is 0 Å². The van der Waals surface area contributed by atoms with Crippen LogP contribution < -0.4 is 10.1 Å². The highest BCUT2D eigenvalue weighted by molar-refractivity contribution is 6.35. The number of amides is 1. The van der Waals surface area contributed by atoms with Gasteiger partial charge in [0.2, 0.25) is 0 Å². The van der Waals surface area contributed by atoms with Gasteiger partial charge in [0, 0.05) is 5.02 Å². The monoisotopic (exact) mass is 323 g/mol. The van der Waals surface area contributed by atoms with Crippen LogP contribution in [0.4, 0.5) is 5.69 Å². The SMILES string of the molecule is Cc1cccc(OCC(=O)Nc2cc(Cl)ccc2Cl)c1C. The van der Waals surface area contributed by atoms with Crippen LogP contribution in [-0.2, 0) is 4.79 Å². The molecule has 0 unspecified atom stereocenters. The summed E-state index contributed by atoms with van der Waals surface area (Å²) in [5, 5.41) is 3.61. The van der Waals surface area contributed by atoms with Gasteiger partial charge in [-0.05, 0) is 49.2 Å². The summed E-state index contributed by atoms with van der Waals surface area (Å²) in [6.45, 7) is 3.86. The number of halogens is 2. The summed E-state index contributed by atoms with van der Waals surface area (Å²) in [5.74, 6) is 0.405. The average Bonchev–Trinajstić information content (AvgIpc) is 2.44. The zero-order valence-corrected chi connectivity index (χ0v) is 13.3. The zero-order valence-electron chi connectivity index (χ0n) is 11.7. The van der Waals surface area contributed by atoms with Gasteiger partial charge in [-0.25, -0.2) is 0 Å². The first-order valence-corrected chi connectivity index (χ1v) is 7.17. The highest BCUT2D eigenvalue weighted by atomic mass is 35.5. The smallest absolute Gasteiger partial charge is 0.262 e. The Labute approximate surface area is 133 Å². The summed E-state index contributed by atoms with van der Waals surface area (Å²) in [4.78, 5) is 11.9. The van der Waals surface area contributed by atoms with Crippen molar-refractivity contribution >= 4 is 34.8 Å². The third kappa shape index (κ3) is 4.13. The van der Waals surface area contributed by atoms with Crippen LogP contribution in [0.25, 0.3) is 0 Å².